The van der Waals surface area contributed by atoms with Crippen molar-refractivity contribution >= 4 is 0 Å². The molecule has 14 atom stereocenters. The van der Waals surface area contributed by atoms with Gasteiger partial charge in [-0.2, -0.15) is 0 Å². The molecule has 7 fully saturated rings. The van der Waals surface area contributed by atoms with E-state index in [1.54, 1.807) is 0 Å². The summed E-state index contributed by atoms with van der Waals surface area (Å²) >= 11 is 0. The van der Waals surface area contributed by atoms with Gasteiger partial charge in [-0.1, -0.05) is 65.0 Å². The van der Waals surface area contributed by atoms with Crippen LogP contribution < -0.4 is 0 Å². The molecule has 1 aromatic carbocycles. The van der Waals surface area contributed by atoms with Crippen LogP contribution in [0.15, 0.2) is 30.3 Å². The Kier molecular flexibility index (Phi) is 9.66. The van der Waals surface area contributed by atoms with Crippen molar-refractivity contribution in [1.29, 1.82) is 0 Å². The van der Waals surface area contributed by atoms with Crippen LogP contribution in [0.25, 0.3) is 0 Å². The van der Waals surface area contributed by atoms with Crippen molar-refractivity contribution in [1.82, 2.24) is 4.90 Å². The predicted molar refractivity (Wildman–Crippen MR) is 204 cm³/mol. The molecule has 2 aliphatic heterocycles. The van der Waals surface area contributed by atoms with Gasteiger partial charge >= 0.3 is 0 Å². The fourth-order valence-electron chi connectivity index (χ4n) is 15.1. The minimum atomic E-state index is -0.475. The quantitative estimate of drug-likeness (QED) is 0.261. The van der Waals surface area contributed by atoms with Gasteiger partial charge in [-0.05, 0) is 130 Å². The largest absolute Gasteiger partial charge is 0.390 e. The molecule has 0 amide bonds. The lowest BCUT2D eigenvalue weighted by atomic mass is 9.41. The van der Waals surface area contributed by atoms with Crippen molar-refractivity contribution < 1.29 is 28.8 Å². The van der Waals surface area contributed by atoms with Crippen molar-refractivity contribution in [2.75, 3.05) is 32.9 Å². The first-order valence-electron chi connectivity index (χ1n) is 21.3. The molecular weight excluding hydrogens is 650 g/mol. The maximum atomic E-state index is 12.8. The number of fused-ring (bicyclic) bond motifs is 4. The number of aliphatic hydroxyl groups excluding tert-OH is 1. The van der Waals surface area contributed by atoms with Gasteiger partial charge in [-0.15, -0.1) is 0 Å². The Morgan fingerprint density at radius 3 is 2.42 bits per heavy atom. The topological polar surface area (TPSA) is 69.6 Å². The van der Waals surface area contributed by atoms with Crippen molar-refractivity contribution in [3.63, 3.8) is 0 Å². The molecule has 8 rings (SSSR count). The highest BCUT2D eigenvalue weighted by Gasteiger charge is 2.84. The van der Waals surface area contributed by atoms with Crippen LogP contribution in [0, 0.1) is 50.7 Å². The summed E-state index contributed by atoms with van der Waals surface area (Å²) in [6.45, 7) is 25.7. The Hall–Kier alpha value is -1.06. The monoisotopic (exact) mass is 722 g/mol. The summed E-state index contributed by atoms with van der Waals surface area (Å²) in [7, 11) is 0. The highest BCUT2D eigenvalue weighted by atomic mass is 16.7. The van der Waals surface area contributed by atoms with Gasteiger partial charge in [0.15, 0.2) is 6.29 Å². The summed E-state index contributed by atoms with van der Waals surface area (Å²) in [5.74, 6) is 1.96. The zero-order valence-corrected chi connectivity index (χ0v) is 34.0. The van der Waals surface area contributed by atoms with E-state index in [4.69, 9.17) is 23.7 Å². The van der Waals surface area contributed by atoms with Gasteiger partial charge in [0.1, 0.15) is 6.10 Å². The molecule has 52 heavy (non-hydrogen) atoms. The summed E-state index contributed by atoms with van der Waals surface area (Å²) in [4.78, 5) is 2.50. The summed E-state index contributed by atoms with van der Waals surface area (Å²) in [5, 5.41) is 12.8. The first kappa shape index (κ1) is 37.8. The van der Waals surface area contributed by atoms with Crippen molar-refractivity contribution in [2.24, 2.45) is 50.7 Å². The van der Waals surface area contributed by atoms with Gasteiger partial charge in [0.2, 0.25) is 0 Å². The third kappa shape index (κ3) is 5.43. The van der Waals surface area contributed by atoms with E-state index in [1.807, 2.05) is 0 Å². The zero-order chi connectivity index (χ0) is 36.9. The van der Waals surface area contributed by atoms with Gasteiger partial charge in [0.05, 0.1) is 36.6 Å². The second kappa shape index (κ2) is 13.3. The number of hydrogen-bond acceptors (Lipinski definition) is 7. The van der Waals surface area contributed by atoms with E-state index < -0.39 is 11.7 Å². The number of rotatable bonds is 10. The molecule has 2 spiro atoms. The highest BCUT2D eigenvalue weighted by Crippen LogP contribution is 2.89. The van der Waals surface area contributed by atoms with Crippen molar-refractivity contribution in [3.8, 4) is 0 Å². The fourth-order valence-corrected chi connectivity index (χ4v) is 15.1. The van der Waals surface area contributed by atoms with Crippen LogP contribution in [0.2, 0.25) is 0 Å². The Morgan fingerprint density at radius 1 is 0.962 bits per heavy atom. The Bertz CT molecular complexity index is 1440. The number of benzene rings is 1. The molecule has 0 radical (unpaired) electrons. The average molecular weight is 722 g/mol. The maximum absolute atomic E-state index is 12.8. The lowest BCUT2D eigenvalue weighted by Gasteiger charge is -2.64. The van der Waals surface area contributed by atoms with Crippen LogP contribution in [0.1, 0.15) is 119 Å². The summed E-state index contributed by atoms with van der Waals surface area (Å²) in [6, 6.07) is 10.8. The smallest absolute Gasteiger partial charge is 0.170 e. The number of ether oxygens (including phenoxy) is 5. The van der Waals surface area contributed by atoms with Crippen LogP contribution in [-0.4, -0.2) is 85.3 Å². The molecule has 1 N–H and O–H groups in total. The molecule has 1 unspecified atom stereocenters. The van der Waals surface area contributed by atoms with Gasteiger partial charge in [0, 0.05) is 38.3 Å². The Morgan fingerprint density at radius 2 is 1.69 bits per heavy atom. The average Bonchev–Trinajstić information content (AvgIpc) is 3.73. The molecular formula is C45H71NO6. The van der Waals surface area contributed by atoms with Gasteiger partial charge < -0.3 is 28.8 Å². The molecule has 2 heterocycles. The number of hydrogen-bond donors (Lipinski definition) is 1. The van der Waals surface area contributed by atoms with E-state index >= 15 is 0 Å². The molecule has 1 aromatic rings. The van der Waals surface area contributed by atoms with Crippen molar-refractivity contribution in [2.45, 2.75) is 163 Å². The van der Waals surface area contributed by atoms with Crippen LogP contribution in [0.5, 0.6) is 0 Å². The Labute approximate surface area is 315 Å². The molecule has 7 aliphatic rings. The Balaban J connectivity index is 0.998. The molecule has 0 bridgehead atoms. The molecule has 292 valence electrons. The first-order chi connectivity index (χ1) is 24.7. The summed E-state index contributed by atoms with van der Waals surface area (Å²) in [5.41, 5.74) is 1.52. The standard InChI is InChI=1S/C45H71NO6/c1-10-48-39(41(6,7)50-11-2)31-25-29(3)36-37(51-31)38(47)43(9)33-18-17-32-40(4,5)34(19-20-44(32)28-45(33,44)22-21-42(36,43)8)52-35-27-46(23-24-49-35)26-30-15-13-12-14-16-30/h12-16,29,31-39,47H,10-11,17-28H2,1-9H3/t29-,31-,32+,33+,34+,35+,36+,37+,38+,39+,42-,43-,44?,45+/m1/s1. The minimum Gasteiger partial charge on any atom is -0.390 e. The van der Waals surface area contributed by atoms with Crippen LogP contribution >= 0.6 is 0 Å². The van der Waals surface area contributed by atoms with E-state index in [9.17, 15) is 5.11 Å². The lowest BCUT2D eigenvalue weighted by molar-refractivity contribution is -0.249. The lowest BCUT2D eigenvalue weighted by Crippen LogP contribution is -2.60. The minimum absolute atomic E-state index is 0.0460. The number of aliphatic hydroxyl groups is 1. The molecule has 0 aromatic heterocycles. The van der Waals surface area contributed by atoms with Crippen molar-refractivity contribution in [3.05, 3.63) is 35.9 Å². The highest BCUT2D eigenvalue weighted by molar-refractivity contribution is 5.33. The molecule has 7 heteroatoms. The fraction of sp³-hybridized carbons (Fsp3) is 0.867. The second-order valence-electron chi connectivity index (χ2n) is 20.1. The predicted octanol–water partition coefficient (Wildman–Crippen LogP) is 8.26. The van der Waals surface area contributed by atoms with E-state index in [2.05, 4.69) is 97.5 Å². The van der Waals surface area contributed by atoms with Crippen LogP contribution in [0.4, 0.5) is 0 Å². The van der Waals surface area contributed by atoms with E-state index in [0.29, 0.717) is 47.7 Å². The first-order valence-corrected chi connectivity index (χ1v) is 21.3. The summed E-state index contributed by atoms with van der Waals surface area (Å²) in [6.07, 6.45) is 8.69. The zero-order valence-electron chi connectivity index (χ0n) is 34.0. The summed E-state index contributed by atoms with van der Waals surface area (Å²) < 4.78 is 33.1. The molecule has 5 saturated carbocycles. The third-order valence-electron chi connectivity index (χ3n) is 17.3. The van der Waals surface area contributed by atoms with Gasteiger partial charge in [0.25, 0.3) is 0 Å². The van der Waals surface area contributed by atoms with Gasteiger partial charge in [-0.25, -0.2) is 0 Å². The number of morpholine rings is 1. The molecule has 7 nitrogen and oxygen atoms in total. The van der Waals surface area contributed by atoms with E-state index in [-0.39, 0.29) is 47.0 Å². The molecule has 2 saturated heterocycles. The normalized spacial score (nSPS) is 47.4. The molecule has 5 aliphatic carbocycles. The van der Waals surface area contributed by atoms with Crippen LogP contribution in [0.3, 0.4) is 0 Å². The number of nitrogens with zero attached hydrogens (tertiary/aromatic N) is 1. The van der Waals surface area contributed by atoms with E-state index in [1.165, 1.54) is 44.1 Å². The maximum Gasteiger partial charge on any atom is 0.170 e. The second-order valence-corrected chi connectivity index (χ2v) is 20.1. The van der Waals surface area contributed by atoms with Crippen LogP contribution in [-0.2, 0) is 30.2 Å². The van der Waals surface area contributed by atoms with Gasteiger partial charge in [-0.3, -0.25) is 4.90 Å². The van der Waals surface area contributed by atoms with E-state index in [0.717, 1.165) is 39.1 Å². The third-order valence-corrected chi connectivity index (χ3v) is 17.3. The SMILES string of the molecule is CCO[C@@H]([C@H]1C[C@@H](C)[C@H]2[C@H](O1)[C@H](O)[C@@]1(C)[C@@H]3CC[C@H]4C(C)(C)[C@@H](O[C@H]5CN(Cc6ccccc6)CCO5)CCC45C[C@@]35CC[C@]21C)C(C)(C)OCC.